The van der Waals surface area contributed by atoms with E-state index in [2.05, 4.69) is 0 Å². The molecule has 0 aliphatic rings. The third-order valence-corrected chi connectivity index (χ3v) is 4.13. The summed E-state index contributed by atoms with van der Waals surface area (Å²) in [5, 5.41) is 0. The van der Waals surface area contributed by atoms with E-state index in [1.165, 1.54) is 6.07 Å². The van der Waals surface area contributed by atoms with Gasteiger partial charge in [0, 0.05) is 6.42 Å². The minimum atomic E-state index is -4.82. The first-order valence-corrected chi connectivity index (χ1v) is 8.27. The second-order valence-corrected chi connectivity index (χ2v) is 6.07. The van der Waals surface area contributed by atoms with Crippen LogP contribution in [0.15, 0.2) is 30.3 Å². The molecule has 148 valence electrons. The quantitative estimate of drug-likeness (QED) is 0.448. The number of halogens is 5. The Labute approximate surface area is 161 Å². The molecule has 0 spiro atoms. The third-order valence-electron chi connectivity index (χ3n) is 4.13. The van der Waals surface area contributed by atoms with Crippen molar-refractivity contribution in [1.82, 2.24) is 0 Å². The molecule has 0 saturated heterocycles. The smallest absolute Gasteiger partial charge is 0.419 e. The zero-order valence-corrected chi connectivity index (χ0v) is 16.1. The summed E-state index contributed by atoms with van der Waals surface area (Å²) >= 11 is 0. The van der Waals surface area contributed by atoms with Crippen molar-refractivity contribution in [2.24, 2.45) is 0 Å². The number of ether oxygens (including phenoxy) is 1. The molecule has 2 rings (SSSR count). The van der Waals surface area contributed by atoms with Gasteiger partial charge in [-0.2, -0.15) is 13.2 Å². The number of benzene rings is 2. The van der Waals surface area contributed by atoms with Gasteiger partial charge in [-0.05, 0) is 67.1 Å². The molecule has 0 radical (unpaired) electrons. The normalized spacial score (nSPS) is 11.1. The van der Waals surface area contributed by atoms with Crippen molar-refractivity contribution in [2.75, 3.05) is 6.61 Å². The zero-order valence-electron chi connectivity index (χ0n) is 15.2. The van der Waals surface area contributed by atoms with Gasteiger partial charge in [-0.1, -0.05) is 18.2 Å². The highest BCUT2D eigenvalue weighted by molar-refractivity contribution is 5.85. The molecule has 2 aromatic carbocycles. The van der Waals surface area contributed by atoms with E-state index in [9.17, 15) is 22.4 Å². The summed E-state index contributed by atoms with van der Waals surface area (Å²) in [6.07, 6.45) is -5.17. The molecule has 0 aliphatic heterocycles. The van der Waals surface area contributed by atoms with Crippen LogP contribution < -0.4 is 0 Å². The molecular formula is C20H21ClF4O2. The van der Waals surface area contributed by atoms with Gasteiger partial charge in [-0.3, -0.25) is 4.79 Å². The Morgan fingerprint density at radius 1 is 1.11 bits per heavy atom. The lowest BCUT2D eigenvalue weighted by Gasteiger charge is -2.17. The molecule has 27 heavy (non-hydrogen) atoms. The Hall–Kier alpha value is -2.08. The van der Waals surface area contributed by atoms with Crippen LogP contribution in [0.25, 0.3) is 11.1 Å². The lowest BCUT2D eigenvalue weighted by atomic mass is 9.91. The van der Waals surface area contributed by atoms with Crippen LogP contribution in [0.4, 0.5) is 17.6 Å². The number of hydrogen-bond donors (Lipinski definition) is 0. The van der Waals surface area contributed by atoms with Gasteiger partial charge in [0.1, 0.15) is 5.82 Å². The Kier molecular flexibility index (Phi) is 7.84. The number of carbonyl (C=O) groups excluding carboxylic acids is 1. The summed E-state index contributed by atoms with van der Waals surface area (Å²) in [5.41, 5.74) is 1.03. The van der Waals surface area contributed by atoms with E-state index in [1.54, 1.807) is 32.9 Å². The van der Waals surface area contributed by atoms with Gasteiger partial charge in [0.15, 0.2) is 0 Å². The lowest BCUT2D eigenvalue weighted by Crippen LogP contribution is -2.12. The maximum absolute atomic E-state index is 14.4. The van der Waals surface area contributed by atoms with Gasteiger partial charge < -0.3 is 4.74 Å². The summed E-state index contributed by atoms with van der Waals surface area (Å²) in [6.45, 7) is 5.37. The average molecular weight is 405 g/mol. The average Bonchev–Trinajstić information content (AvgIpc) is 2.53. The van der Waals surface area contributed by atoms with E-state index in [-0.39, 0.29) is 43.0 Å². The van der Waals surface area contributed by atoms with Crippen molar-refractivity contribution >= 4 is 18.4 Å². The molecule has 0 aromatic heterocycles. The molecule has 0 unspecified atom stereocenters. The minimum absolute atomic E-state index is 0. The molecule has 2 nitrogen and oxygen atoms in total. The maximum atomic E-state index is 14.4. The molecule has 0 amide bonds. The van der Waals surface area contributed by atoms with E-state index in [0.29, 0.717) is 5.56 Å². The van der Waals surface area contributed by atoms with E-state index >= 15 is 0 Å². The molecule has 2 aromatic rings. The second kappa shape index (κ2) is 9.22. The van der Waals surface area contributed by atoms with Gasteiger partial charge in [0.05, 0.1) is 12.2 Å². The Morgan fingerprint density at radius 2 is 1.70 bits per heavy atom. The van der Waals surface area contributed by atoms with E-state index < -0.39 is 23.5 Å². The number of rotatable bonds is 5. The van der Waals surface area contributed by atoms with Crippen molar-refractivity contribution in [1.29, 1.82) is 0 Å². The van der Waals surface area contributed by atoms with E-state index in [1.807, 2.05) is 6.07 Å². The monoisotopic (exact) mass is 404 g/mol. The molecule has 0 atom stereocenters. The first-order valence-electron chi connectivity index (χ1n) is 8.27. The highest BCUT2D eigenvalue weighted by Gasteiger charge is 2.36. The van der Waals surface area contributed by atoms with Gasteiger partial charge in [0.25, 0.3) is 0 Å². The Bertz CT molecular complexity index is 796. The molecule has 0 bridgehead atoms. The highest BCUT2D eigenvalue weighted by Crippen LogP contribution is 2.38. The highest BCUT2D eigenvalue weighted by atomic mass is 35.5. The van der Waals surface area contributed by atoms with E-state index in [4.69, 9.17) is 4.74 Å². The SMILES string of the molecule is CCOC(=O)CCc1cc(-c2c(C)cccc2C)cc(C(F)(F)F)c1F.Cl. The van der Waals surface area contributed by atoms with Gasteiger partial charge >= 0.3 is 12.1 Å². The molecule has 0 heterocycles. The molecule has 0 fully saturated rings. The van der Waals surface area contributed by atoms with Crippen molar-refractivity contribution in [3.05, 3.63) is 58.4 Å². The third kappa shape index (κ3) is 5.45. The fourth-order valence-electron chi connectivity index (χ4n) is 2.96. The van der Waals surface area contributed by atoms with Gasteiger partial charge in [-0.15, -0.1) is 12.4 Å². The van der Waals surface area contributed by atoms with Crippen LogP contribution in [0.3, 0.4) is 0 Å². The number of esters is 1. The maximum Gasteiger partial charge on any atom is 0.419 e. The van der Waals surface area contributed by atoms with Crippen molar-refractivity contribution in [3.8, 4) is 11.1 Å². The second-order valence-electron chi connectivity index (χ2n) is 6.07. The van der Waals surface area contributed by atoms with Crippen LogP contribution >= 0.6 is 12.4 Å². The minimum Gasteiger partial charge on any atom is -0.466 e. The van der Waals surface area contributed by atoms with Crippen molar-refractivity contribution in [3.63, 3.8) is 0 Å². The predicted octanol–water partition coefficient (Wildman–Crippen LogP) is 6.05. The van der Waals surface area contributed by atoms with Crippen LogP contribution in [0.2, 0.25) is 0 Å². The molecule has 0 N–H and O–H groups in total. The van der Waals surface area contributed by atoms with Crippen molar-refractivity contribution < 1.29 is 27.1 Å². The lowest BCUT2D eigenvalue weighted by molar-refractivity contribution is -0.143. The van der Waals surface area contributed by atoms with Gasteiger partial charge in [-0.25, -0.2) is 4.39 Å². The zero-order chi connectivity index (χ0) is 19.5. The molecule has 7 heteroatoms. The summed E-state index contributed by atoms with van der Waals surface area (Å²) in [6, 6.07) is 7.61. The van der Waals surface area contributed by atoms with Crippen LogP contribution in [0.5, 0.6) is 0 Å². The predicted molar refractivity (Wildman–Crippen MR) is 98.5 cm³/mol. The Morgan fingerprint density at radius 3 is 2.22 bits per heavy atom. The van der Waals surface area contributed by atoms with Crippen LogP contribution in [-0.4, -0.2) is 12.6 Å². The number of hydrogen-bond acceptors (Lipinski definition) is 2. The summed E-state index contributed by atoms with van der Waals surface area (Å²) in [7, 11) is 0. The van der Waals surface area contributed by atoms with Crippen LogP contribution in [0.1, 0.15) is 35.6 Å². The first-order chi connectivity index (χ1) is 12.1. The fraction of sp³-hybridized carbons (Fsp3) is 0.350. The molecular weight excluding hydrogens is 384 g/mol. The van der Waals surface area contributed by atoms with Crippen LogP contribution in [-0.2, 0) is 22.1 Å². The molecule has 0 aliphatic carbocycles. The van der Waals surface area contributed by atoms with Gasteiger partial charge in [0.2, 0.25) is 0 Å². The fourth-order valence-corrected chi connectivity index (χ4v) is 2.96. The standard InChI is InChI=1S/C20H20F4O2.ClH/c1-4-26-17(25)9-8-14-10-15(11-16(19(14)21)20(22,23)24)18-12(2)6-5-7-13(18)3;/h5-7,10-11H,4,8-9H2,1-3H3;1H. The number of carbonyl (C=O) groups is 1. The van der Waals surface area contributed by atoms with E-state index in [0.717, 1.165) is 17.2 Å². The summed E-state index contributed by atoms with van der Waals surface area (Å²) < 4.78 is 59.1. The largest absolute Gasteiger partial charge is 0.466 e. The summed E-state index contributed by atoms with van der Waals surface area (Å²) in [4.78, 5) is 11.5. The van der Waals surface area contributed by atoms with Crippen LogP contribution in [0, 0.1) is 19.7 Å². The Balaban J connectivity index is 0.00000364. The molecule has 0 saturated carbocycles. The first kappa shape index (κ1) is 23.0. The topological polar surface area (TPSA) is 26.3 Å². The summed E-state index contributed by atoms with van der Waals surface area (Å²) in [5.74, 6) is -1.91. The van der Waals surface area contributed by atoms with Crippen molar-refractivity contribution in [2.45, 2.75) is 39.8 Å². The number of aryl methyl sites for hydroxylation is 3. The number of alkyl halides is 3.